The lowest BCUT2D eigenvalue weighted by Crippen LogP contribution is -2.16. The third kappa shape index (κ3) is 1.17. The second-order valence-corrected chi connectivity index (χ2v) is 2.53. The fourth-order valence-electron chi connectivity index (χ4n) is 1.13. The van der Waals surface area contributed by atoms with Gasteiger partial charge in [0.2, 0.25) is 0 Å². The Morgan fingerprint density at radius 3 is 3.21 bits per heavy atom. The van der Waals surface area contributed by atoms with Crippen LogP contribution in [0.25, 0.3) is 5.52 Å². The Bertz CT molecular complexity index is 524. The standard InChI is InChI=1S/C8H5N5O/c9-5-11-8(14)6-3-12-13-2-1-10-4-7(6)13/h1-4H,(H,11,14). The van der Waals surface area contributed by atoms with Crippen LogP contribution in [-0.4, -0.2) is 20.5 Å². The van der Waals surface area contributed by atoms with Gasteiger partial charge in [-0.15, -0.1) is 0 Å². The molecule has 68 valence electrons. The van der Waals surface area contributed by atoms with E-state index < -0.39 is 5.91 Å². The molecule has 0 aliphatic rings. The summed E-state index contributed by atoms with van der Waals surface area (Å²) in [5.41, 5.74) is 0.903. The summed E-state index contributed by atoms with van der Waals surface area (Å²) >= 11 is 0. The molecule has 2 aromatic rings. The van der Waals surface area contributed by atoms with E-state index in [2.05, 4.69) is 10.1 Å². The van der Waals surface area contributed by atoms with Gasteiger partial charge in [0.25, 0.3) is 5.91 Å². The molecule has 0 fully saturated rings. The summed E-state index contributed by atoms with van der Waals surface area (Å²) in [6.45, 7) is 0. The molecule has 14 heavy (non-hydrogen) atoms. The molecule has 2 rings (SSSR count). The highest BCUT2D eigenvalue weighted by Crippen LogP contribution is 2.07. The van der Waals surface area contributed by atoms with Gasteiger partial charge in [0.15, 0.2) is 6.19 Å². The molecule has 0 aliphatic carbocycles. The van der Waals surface area contributed by atoms with E-state index in [9.17, 15) is 4.79 Å². The summed E-state index contributed by atoms with van der Waals surface area (Å²) in [4.78, 5) is 15.2. The zero-order valence-electron chi connectivity index (χ0n) is 7.01. The highest BCUT2D eigenvalue weighted by atomic mass is 16.1. The number of fused-ring (bicyclic) bond motifs is 1. The number of hydrogen-bond donors (Lipinski definition) is 1. The third-order valence-electron chi connectivity index (χ3n) is 1.74. The summed E-state index contributed by atoms with van der Waals surface area (Å²) in [5, 5.41) is 14.2. The van der Waals surface area contributed by atoms with E-state index in [0.717, 1.165) is 0 Å². The predicted octanol–water partition coefficient (Wildman–Crippen LogP) is -0.0598. The minimum absolute atomic E-state index is 0.333. The molecule has 1 N–H and O–H groups in total. The lowest BCUT2D eigenvalue weighted by atomic mass is 10.3. The van der Waals surface area contributed by atoms with Crippen molar-refractivity contribution in [2.45, 2.75) is 0 Å². The fourth-order valence-corrected chi connectivity index (χ4v) is 1.13. The number of amides is 1. The normalized spacial score (nSPS) is 9.64. The third-order valence-corrected chi connectivity index (χ3v) is 1.74. The molecule has 0 bridgehead atoms. The molecule has 0 radical (unpaired) electrons. The Hall–Kier alpha value is -2.42. The molecule has 2 aromatic heterocycles. The van der Waals surface area contributed by atoms with Gasteiger partial charge in [0.1, 0.15) is 0 Å². The molecular formula is C8H5N5O. The van der Waals surface area contributed by atoms with Gasteiger partial charge in [0.05, 0.1) is 23.5 Å². The Kier molecular flexibility index (Phi) is 1.84. The lowest BCUT2D eigenvalue weighted by molar-refractivity contribution is 0.0974. The number of hydrogen-bond acceptors (Lipinski definition) is 4. The average molecular weight is 187 g/mol. The van der Waals surface area contributed by atoms with Gasteiger partial charge in [-0.2, -0.15) is 10.4 Å². The van der Waals surface area contributed by atoms with Crippen molar-refractivity contribution in [2.75, 3.05) is 0 Å². The molecule has 0 spiro atoms. The van der Waals surface area contributed by atoms with Gasteiger partial charge in [-0.05, 0) is 0 Å². The number of nitriles is 1. The molecule has 2 heterocycles. The summed E-state index contributed by atoms with van der Waals surface area (Å²) in [5.74, 6) is -0.476. The van der Waals surface area contributed by atoms with Crippen molar-refractivity contribution in [1.82, 2.24) is 19.9 Å². The molecule has 0 aromatic carbocycles. The highest BCUT2D eigenvalue weighted by molar-refractivity contribution is 6.01. The topological polar surface area (TPSA) is 83.1 Å². The molecule has 0 unspecified atom stereocenters. The average Bonchev–Trinajstić information content (AvgIpc) is 2.61. The minimum atomic E-state index is -0.476. The molecule has 0 atom stereocenters. The van der Waals surface area contributed by atoms with E-state index in [1.165, 1.54) is 16.9 Å². The summed E-state index contributed by atoms with van der Waals surface area (Å²) in [6.07, 6.45) is 7.65. The first-order valence-corrected chi connectivity index (χ1v) is 3.79. The van der Waals surface area contributed by atoms with E-state index in [1.54, 1.807) is 18.6 Å². The van der Waals surface area contributed by atoms with E-state index >= 15 is 0 Å². The Labute approximate surface area is 78.8 Å². The van der Waals surface area contributed by atoms with E-state index in [0.29, 0.717) is 11.1 Å². The second-order valence-electron chi connectivity index (χ2n) is 2.53. The molecular weight excluding hydrogens is 182 g/mol. The number of nitrogens with zero attached hydrogens (tertiary/aromatic N) is 4. The van der Waals surface area contributed by atoms with Crippen molar-refractivity contribution in [1.29, 1.82) is 5.26 Å². The SMILES string of the molecule is N#CNC(=O)c1cnn2ccncc12. The maximum Gasteiger partial charge on any atom is 0.268 e. The van der Waals surface area contributed by atoms with Crippen LogP contribution >= 0.6 is 0 Å². The van der Waals surface area contributed by atoms with Crippen LogP contribution in [-0.2, 0) is 0 Å². The Morgan fingerprint density at radius 2 is 2.43 bits per heavy atom. The van der Waals surface area contributed by atoms with Crippen molar-refractivity contribution in [2.24, 2.45) is 0 Å². The fraction of sp³-hybridized carbons (Fsp3) is 0. The van der Waals surface area contributed by atoms with Crippen LogP contribution in [0.15, 0.2) is 24.8 Å². The number of carbonyl (C=O) groups is 1. The lowest BCUT2D eigenvalue weighted by Gasteiger charge is -1.93. The maximum absolute atomic E-state index is 11.3. The van der Waals surface area contributed by atoms with Gasteiger partial charge in [-0.1, -0.05) is 0 Å². The van der Waals surface area contributed by atoms with E-state index in [-0.39, 0.29) is 0 Å². The summed E-state index contributed by atoms with van der Waals surface area (Å²) in [7, 11) is 0. The van der Waals surface area contributed by atoms with Crippen LogP contribution in [0.1, 0.15) is 10.4 Å². The van der Waals surface area contributed by atoms with Crippen LogP contribution in [0.2, 0.25) is 0 Å². The number of carbonyl (C=O) groups excluding carboxylic acids is 1. The van der Waals surface area contributed by atoms with Crippen LogP contribution in [0.5, 0.6) is 0 Å². The molecule has 6 nitrogen and oxygen atoms in total. The van der Waals surface area contributed by atoms with Crippen molar-refractivity contribution in [3.63, 3.8) is 0 Å². The first-order chi connectivity index (χ1) is 6.83. The number of nitrogens with one attached hydrogen (secondary N) is 1. The van der Waals surface area contributed by atoms with Gasteiger partial charge in [0, 0.05) is 12.4 Å². The quantitative estimate of drug-likeness (QED) is 0.500. The summed E-state index contributed by atoms with van der Waals surface area (Å²) in [6, 6.07) is 0. The van der Waals surface area contributed by atoms with E-state index in [1.807, 2.05) is 5.32 Å². The van der Waals surface area contributed by atoms with Gasteiger partial charge in [-0.25, -0.2) is 4.52 Å². The molecule has 0 aliphatic heterocycles. The molecule has 0 saturated heterocycles. The monoisotopic (exact) mass is 187 g/mol. The van der Waals surface area contributed by atoms with Crippen LogP contribution < -0.4 is 5.32 Å². The predicted molar refractivity (Wildman–Crippen MR) is 46.1 cm³/mol. The molecule has 6 heteroatoms. The Balaban J connectivity index is 2.54. The van der Waals surface area contributed by atoms with Crippen LogP contribution in [0.4, 0.5) is 0 Å². The zero-order chi connectivity index (χ0) is 9.97. The van der Waals surface area contributed by atoms with Crippen LogP contribution in [0, 0.1) is 11.5 Å². The van der Waals surface area contributed by atoms with Crippen molar-refractivity contribution in [3.05, 3.63) is 30.4 Å². The van der Waals surface area contributed by atoms with Crippen molar-refractivity contribution >= 4 is 11.4 Å². The zero-order valence-corrected chi connectivity index (χ0v) is 7.01. The largest absolute Gasteiger partial charge is 0.268 e. The van der Waals surface area contributed by atoms with Gasteiger partial charge < -0.3 is 0 Å². The number of aromatic nitrogens is 3. The van der Waals surface area contributed by atoms with Crippen molar-refractivity contribution < 1.29 is 4.79 Å². The Morgan fingerprint density at radius 1 is 1.57 bits per heavy atom. The second kappa shape index (κ2) is 3.14. The first-order valence-electron chi connectivity index (χ1n) is 3.79. The van der Waals surface area contributed by atoms with Gasteiger partial charge in [-0.3, -0.25) is 15.1 Å². The maximum atomic E-state index is 11.3. The molecule has 0 saturated carbocycles. The minimum Gasteiger partial charge on any atom is -0.268 e. The molecule has 1 amide bonds. The summed E-state index contributed by atoms with van der Waals surface area (Å²) < 4.78 is 1.51. The van der Waals surface area contributed by atoms with Gasteiger partial charge >= 0.3 is 0 Å². The number of rotatable bonds is 1. The first kappa shape index (κ1) is 8.19. The smallest absolute Gasteiger partial charge is 0.268 e. The van der Waals surface area contributed by atoms with E-state index in [4.69, 9.17) is 5.26 Å². The van der Waals surface area contributed by atoms with Crippen molar-refractivity contribution in [3.8, 4) is 6.19 Å². The highest BCUT2D eigenvalue weighted by Gasteiger charge is 2.11. The van der Waals surface area contributed by atoms with Crippen LogP contribution in [0.3, 0.4) is 0 Å².